The number of nitrogens with one attached hydrogen (secondary N) is 2. The SMILES string of the molecule is CCc1nc(SCC(=O)NC2(c3ccc4c(c3)OCCO4)CCCC2)n[nH]1. The van der Waals surface area contributed by atoms with Crippen molar-refractivity contribution < 1.29 is 14.3 Å². The number of nitrogens with zero attached hydrogens (tertiary/aromatic N) is 2. The van der Waals surface area contributed by atoms with Gasteiger partial charge in [-0.15, -0.1) is 5.10 Å². The standard InChI is InChI=1S/C19H24N4O3S/c1-2-16-20-18(23-22-16)27-12-17(24)21-19(7-3-4-8-19)13-5-6-14-15(11-13)26-10-9-25-14/h5-6,11H,2-4,7-10,12H2,1H3,(H,21,24)(H,20,22,23). The van der Waals surface area contributed by atoms with Crippen LogP contribution in [0.25, 0.3) is 0 Å². The molecule has 1 aliphatic carbocycles. The maximum atomic E-state index is 12.7. The molecule has 2 heterocycles. The van der Waals surface area contributed by atoms with E-state index in [1.54, 1.807) is 0 Å². The molecule has 8 heteroatoms. The highest BCUT2D eigenvalue weighted by Gasteiger charge is 2.37. The molecule has 1 fully saturated rings. The second-order valence-electron chi connectivity index (χ2n) is 6.90. The third-order valence-corrected chi connectivity index (χ3v) is 5.96. The van der Waals surface area contributed by atoms with Gasteiger partial charge in [-0.05, 0) is 30.5 Å². The topological polar surface area (TPSA) is 89.1 Å². The van der Waals surface area contributed by atoms with Gasteiger partial charge in [0.25, 0.3) is 0 Å². The molecule has 0 atom stereocenters. The highest BCUT2D eigenvalue weighted by Crippen LogP contribution is 2.42. The number of aromatic amines is 1. The Hall–Kier alpha value is -2.22. The molecular weight excluding hydrogens is 364 g/mol. The smallest absolute Gasteiger partial charge is 0.231 e. The third-order valence-electron chi connectivity index (χ3n) is 5.11. The Kier molecular flexibility index (Phi) is 5.24. The van der Waals surface area contributed by atoms with E-state index < -0.39 is 0 Å². The van der Waals surface area contributed by atoms with E-state index in [-0.39, 0.29) is 11.4 Å². The van der Waals surface area contributed by atoms with Crippen LogP contribution in [0.1, 0.15) is 44.0 Å². The van der Waals surface area contributed by atoms with E-state index in [0.29, 0.717) is 24.1 Å². The first kappa shape index (κ1) is 18.2. The number of aryl methyl sites for hydroxylation is 1. The summed E-state index contributed by atoms with van der Waals surface area (Å²) in [6, 6.07) is 6.02. The number of fused-ring (bicyclic) bond motifs is 1. The van der Waals surface area contributed by atoms with Gasteiger partial charge in [0.15, 0.2) is 11.5 Å². The number of amides is 1. The van der Waals surface area contributed by atoms with E-state index in [9.17, 15) is 4.79 Å². The molecule has 2 N–H and O–H groups in total. The van der Waals surface area contributed by atoms with Crippen molar-refractivity contribution in [1.82, 2.24) is 20.5 Å². The van der Waals surface area contributed by atoms with E-state index in [1.807, 2.05) is 19.1 Å². The van der Waals surface area contributed by atoms with Crippen molar-refractivity contribution in [1.29, 1.82) is 0 Å². The average Bonchev–Trinajstić information content (AvgIpc) is 3.36. The van der Waals surface area contributed by atoms with Crippen LogP contribution >= 0.6 is 11.8 Å². The Labute approximate surface area is 162 Å². The Morgan fingerprint density at radius 1 is 1.26 bits per heavy atom. The Morgan fingerprint density at radius 3 is 2.78 bits per heavy atom. The van der Waals surface area contributed by atoms with Gasteiger partial charge in [-0.3, -0.25) is 9.89 Å². The van der Waals surface area contributed by atoms with Gasteiger partial charge in [0.1, 0.15) is 19.0 Å². The monoisotopic (exact) mass is 388 g/mol. The van der Waals surface area contributed by atoms with Gasteiger partial charge in [-0.25, -0.2) is 4.98 Å². The summed E-state index contributed by atoms with van der Waals surface area (Å²) in [5.74, 6) is 2.67. The minimum atomic E-state index is -0.332. The third kappa shape index (κ3) is 3.90. The molecule has 0 bridgehead atoms. The number of H-pyrrole nitrogens is 1. The van der Waals surface area contributed by atoms with Crippen LogP contribution in [0.15, 0.2) is 23.4 Å². The van der Waals surface area contributed by atoms with Crippen molar-refractivity contribution in [2.24, 2.45) is 0 Å². The summed E-state index contributed by atoms with van der Waals surface area (Å²) in [7, 11) is 0. The summed E-state index contributed by atoms with van der Waals surface area (Å²) in [6.07, 6.45) is 4.87. The molecule has 4 rings (SSSR count). The first-order valence-corrected chi connectivity index (χ1v) is 10.4. The van der Waals surface area contributed by atoms with Crippen LogP contribution in [-0.2, 0) is 16.8 Å². The van der Waals surface area contributed by atoms with Crippen molar-refractivity contribution >= 4 is 17.7 Å². The normalized spacial score (nSPS) is 17.7. The number of thioether (sulfide) groups is 1. The fourth-order valence-electron chi connectivity index (χ4n) is 3.74. The van der Waals surface area contributed by atoms with Crippen LogP contribution in [0.2, 0.25) is 0 Å². The molecule has 2 aliphatic rings. The van der Waals surface area contributed by atoms with Gasteiger partial charge in [-0.1, -0.05) is 37.6 Å². The maximum Gasteiger partial charge on any atom is 0.231 e. The lowest BCUT2D eigenvalue weighted by atomic mass is 9.87. The molecule has 0 saturated heterocycles. The van der Waals surface area contributed by atoms with E-state index >= 15 is 0 Å². The number of carbonyl (C=O) groups excluding carboxylic acids is 1. The molecule has 1 aromatic heterocycles. The van der Waals surface area contributed by atoms with Crippen LogP contribution < -0.4 is 14.8 Å². The maximum absolute atomic E-state index is 12.7. The molecular formula is C19H24N4O3S. The summed E-state index contributed by atoms with van der Waals surface area (Å²) < 4.78 is 11.4. The van der Waals surface area contributed by atoms with Crippen LogP contribution in [0, 0.1) is 0 Å². The fourth-order valence-corrected chi connectivity index (χ4v) is 4.36. The summed E-state index contributed by atoms with van der Waals surface area (Å²) in [6.45, 7) is 3.15. The van der Waals surface area contributed by atoms with Crippen LogP contribution in [0.3, 0.4) is 0 Å². The van der Waals surface area contributed by atoms with Crippen LogP contribution in [-0.4, -0.2) is 40.1 Å². The quantitative estimate of drug-likeness (QED) is 0.740. The minimum Gasteiger partial charge on any atom is -0.486 e. The zero-order valence-corrected chi connectivity index (χ0v) is 16.2. The molecule has 144 valence electrons. The molecule has 7 nitrogen and oxygen atoms in total. The van der Waals surface area contributed by atoms with Crippen molar-refractivity contribution in [3.8, 4) is 11.5 Å². The molecule has 2 aromatic rings. The number of carbonyl (C=O) groups is 1. The lowest BCUT2D eigenvalue weighted by molar-refractivity contribution is -0.120. The molecule has 0 radical (unpaired) electrons. The summed E-state index contributed by atoms with van der Waals surface area (Å²) in [5.41, 5.74) is 0.759. The van der Waals surface area contributed by atoms with Crippen molar-refractivity contribution in [2.75, 3.05) is 19.0 Å². The van der Waals surface area contributed by atoms with Gasteiger partial charge in [0.2, 0.25) is 11.1 Å². The highest BCUT2D eigenvalue weighted by atomic mass is 32.2. The summed E-state index contributed by atoms with van der Waals surface area (Å²) in [5, 5.41) is 10.9. The zero-order chi connectivity index (χ0) is 18.7. The van der Waals surface area contributed by atoms with Gasteiger partial charge in [0.05, 0.1) is 11.3 Å². The summed E-state index contributed by atoms with van der Waals surface area (Å²) in [4.78, 5) is 17.0. The van der Waals surface area contributed by atoms with E-state index in [2.05, 4.69) is 26.6 Å². The fraction of sp³-hybridized carbons (Fsp3) is 0.526. The summed E-state index contributed by atoms with van der Waals surface area (Å²) >= 11 is 1.35. The lowest BCUT2D eigenvalue weighted by Crippen LogP contribution is -2.44. The first-order valence-electron chi connectivity index (χ1n) is 9.44. The number of hydrogen-bond acceptors (Lipinski definition) is 6. The number of aromatic nitrogens is 3. The minimum absolute atomic E-state index is 0.000336. The largest absolute Gasteiger partial charge is 0.486 e. The van der Waals surface area contributed by atoms with Gasteiger partial charge >= 0.3 is 0 Å². The van der Waals surface area contributed by atoms with Gasteiger partial charge in [-0.2, -0.15) is 0 Å². The van der Waals surface area contributed by atoms with Crippen molar-refractivity contribution in [2.45, 2.75) is 49.7 Å². The number of rotatable bonds is 6. The second-order valence-corrected chi connectivity index (χ2v) is 7.85. The number of benzene rings is 1. The first-order chi connectivity index (χ1) is 13.2. The van der Waals surface area contributed by atoms with E-state index in [1.165, 1.54) is 11.8 Å². The molecule has 0 spiro atoms. The predicted molar refractivity (Wildman–Crippen MR) is 102 cm³/mol. The average molecular weight is 388 g/mol. The lowest BCUT2D eigenvalue weighted by Gasteiger charge is -2.32. The molecule has 1 aromatic carbocycles. The van der Waals surface area contributed by atoms with Gasteiger partial charge in [0, 0.05) is 6.42 Å². The molecule has 1 saturated carbocycles. The predicted octanol–water partition coefficient (Wildman–Crippen LogP) is 2.82. The van der Waals surface area contributed by atoms with Gasteiger partial charge < -0.3 is 14.8 Å². The Balaban J connectivity index is 1.46. The van der Waals surface area contributed by atoms with Crippen LogP contribution in [0.5, 0.6) is 11.5 Å². The van der Waals surface area contributed by atoms with Crippen molar-refractivity contribution in [3.63, 3.8) is 0 Å². The van der Waals surface area contributed by atoms with Crippen molar-refractivity contribution in [3.05, 3.63) is 29.6 Å². The van der Waals surface area contributed by atoms with Crippen LogP contribution in [0.4, 0.5) is 0 Å². The number of ether oxygens (including phenoxy) is 2. The Bertz CT molecular complexity index is 817. The molecule has 0 unspecified atom stereocenters. The zero-order valence-electron chi connectivity index (χ0n) is 15.4. The van der Waals surface area contributed by atoms with E-state index in [4.69, 9.17) is 9.47 Å². The number of hydrogen-bond donors (Lipinski definition) is 2. The molecule has 1 amide bonds. The highest BCUT2D eigenvalue weighted by molar-refractivity contribution is 7.99. The molecule has 1 aliphatic heterocycles. The van der Waals surface area contributed by atoms with E-state index in [0.717, 1.165) is 55.0 Å². The Morgan fingerprint density at radius 2 is 2.04 bits per heavy atom. The molecule has 27 heavy (non-hydrogen) atoms. The second kappa shape index (κ2) is 7.80.